The van der Waals surface area contributed by atoms with Crippen molar-refractivity contribution >= 4 is 40.1 Å². The number of esters is 1. The van der Waals surface area contributed by atoms with Crippen LogP contribution in [0.15, 0.2) is 48.5 Å². The van der Waals surface area contributed by atoms with Crippen molar-refractivity contribution in [2.24, 2.45) is 0 Å². The molecule has 7 heteroatoms. The molecule has 5 nitrogen and oxygen atoms in total. The summed E-state index contributed by atoms with van der Waals surface area (Å²) in [6.07, 6.45) is 0. The van der Waals surface area contributed by atoms with Gasteiger partial charge in [-0.15, -0.1) is 0 Å². The summed E-state index contributed by atoms with van der Waals surface area (Å²) in [6, 6.07) is 12.6. The SMILES string of the molecule is Cc1cc(C(=O)OCC(=O)Nc2ccc(F)c(Cl)c2)c2ccccc2n1. The molecule has 2 aromatic carbocycles. The van der Waals surface area contributed by atoms with Crippen LogP contribution >= 0.6 is 11.6 Å². The number of aryl methyl sites for hydroxylation is 1. The minimum Gasteiger partial charge on any atom is -0.452 e. The number of hydrogen-bond acceptors (Lipinski definition) is 4. The minimum atomic E-state index is -0.626. The van der Waals surface area contributed by atoms with Crippen LogP contribution in [0.4, 0.5) is 10.1 Å². The van der Waals surface area contributed by atoms with E-state index in [-0.39, 0.29) is 5.02 Å². The molecule has 0 spiro atoms. The second-order valence-corrected chi connectivity index (χ2v) is 5.99. The van der Waals surface area contributed by atoms with E-state index in [1.165, 1.54) is 12.1 Å². The van der Waals surface area contributed by atoms with Crippen LogP contribution in [0.25, 0.3) is 10.9 Å². The number of anilines is 1. The van der Waals surface area contributed by atoms with Crippen LogP contribution in [0.2, 0.25) is 5.02 Å². The zero-order valence-corrected chi connectivity index (χ0v) is 14.5. The average molecular weight is 373 g/mol. The molecule has 0 radical (unpaired) electrons. The Morgan fingerprint density at radius 3 is 2.73 bits per heavy atom. The van der Waals surface area contributed by atoms with Gasteiger partial charge in [0.05, 0.1) is 16.1 Å². The van der Waals surface area contributed by atoms with Crippen LogP contribution in [0, 0.1) is 12.7 Å². The number of halogens is 2. The number of carbonyl (C=O) groups excluding carboxylic acids is 2. The van der Waals surface area contributed by atoms with Crippen LogP contribution in [0.5, 0.6) is 0 Å². The normalized spacial score (nSPS) is 10.6. The van der Waals surface area contributed by atoms with Gasteiger partial charge < -0.3 is 10.1 Å². The smallest absolute Gasteiger partial charge is 0.339 e. The Bertz CT molecular complexity index is 1010. The maximum Gasteiger partial charge on any atom is 0.339 e. The molecule has 0 atom stereocenters. The summed E-state index contributed by atoms with van der Waals surface area (Å²) < 4.78 is 18.2. The van der Waals surface area contributed by atoms with Crippen molar-refractivity contribution in [1.82, 2.24) is 4.98 Å². The number of fused-ring (bicyclic) bond motifs is 1. The maximum atomic E-state index is 13.1. The van der Waals surface area contributed by atoms with E-state index in [0.29, 0.717) is 27.8 Å². The molecule has 1 amide bonds. The lowest BCUT2D eigenvalue weighted by molar-refractivity contribution is -0.119. The highest BCUT2D eigenvalue weighted by Crippen LogP contribution is 2.20. The van der Waals surface area contributed by atoms with E-state index in [9.17, 15) is 14.0 Å². The van der Waals surface area contributed by atoms with Gasteiger partial charge in [-0.05, 0) is 37.3 Å². The number of pyridine rings is 1. The molecule has 3 rings (SSSR count). The van der Waals surface area contributed by atoms with Crippen molar-refractivity contribution in [1.29, 1.82) is 0 Å². The Balaban J connectivity index is 1.69. The molecule has 0 saturated carbocycles. The van der Waals surface area contributed by atoms with Gasteiger partial charge in [0.2, 0.25) is 0 Å². The zero-order chi connectivity index (χ0) is 18.7. The van der Waals surface area contributed by atoms with Crippen LogP contribution in [0.3, 0.4) is 0 Å². The first-order valence-electron chi connectivity index (χ1n) is 7.72. The topological polar surface area (TPSA) is 68.3 Å². The van der Waals surface area contributed by atoms with Crippen molar-refractivity contribution in [3.05, 3.63) is 70.6 Å². The highest BCUT2D eigenvalue weighted by Gasteiger charge is 2.15. The lowest BCUT2D eigenvalue weighted by Gasteiger charge is -2.09. The molecule has 3 aromatic rings. The summed E-state index contributed by atoms with van der Waals surface area (Å²) in [4.78, 5) is 28.7. The van der Waals surface area contributed by atoms with Gasteiger partial charge >= 0.3 is 5.97 Å². The number of nitrogens with zero attached hydrogens (tertiary/aromatic N) is 1. The summed E-state index contributed by atoms with van der Waals surface area (Å²) in [5.41, 5.74) is 1.99. The molecule has 1 N–H and O–H groups in total. The van der Waals surface area contributed by atoms with Crippen LogP contribution < -0.4 is 5.32 Å². The molecule has 0 aliphatic heterocycles. The summed E-state index contributed by atoms with van der Waals surface area (Å²) >= 11 is 5.66. The number of rotatable bonds is 4. The molecule has 1 heterocycles. The standard InChI is InChI=1S/C19H14ClFN2O3/c1-11-8-14(13-4-2-3-5-17(13)22-11)19(25)26-10-18(24)23-12-6-7-16(21)15(20)9-12/h2-9H,10H2,1H3,(H,23,24). The quantitative estimate of drug-likeness (QED) is 0.699. The lowest BCUT2D eigenvalue weighted by atomic mass is 10.1. The van der Waals surface area contributed by atoms with Gasteiger partial charge in [0.15, 0.2) is 6.61 Å². The number of ether oxygens (including phenoxy) is 1. The molecule has 0 aliphatic carbocycles. The Morgan fingerprint density at radius 1 is 1.19 bits per heavy atom. The van der Waals surface area contributed by atoms with Crippen molar-refractivity contribution in [3.63, 3.8) is 0 Å². The second kappa shape index (κ2) is 7.49. The fraction of sp³-hybridized carbons (Fsp3) is 0.105. The highest BCUT2D eigenvalue weighted by atomic mass is 35.5. The third kappa shape index (κ3) is 3.97. The van der Waals surface area contributed by atoms with E-state index < -0.39 is 24.3 Å². The molecule has 0 saturated heterocycles. The molecule has 132 valence electrons. The van der Waals surface area contributed by atoms with Crippen molar-refractivity contribution in [2.45, 2.75) is 6.92 Å². The first kappa shape index (κ1) is 17.8. The largest absolute Gasteiger partial charge is 0.452 e. The number of benzene rings is 2. The third-order valence-electron chi connectivity index (χ3n) is 3.60. The number of para-hydroxylation sites is 1. The molecule has 0 fully saturated rings. The summed E-state index contributed by atoms with van der Waals surface area (Å²) in [5.74, 6) is -1.77. The average Bonchev–Trinajstić information content (AvgIpc) is 2.62. The number of amides is 1. The molecule has 0 aliphatic rings. The molecule has 0 bridgehead atoms. The van der Waals surface area contributed by atoms with E-state index in [1.54, 1.807) is 31.2 Å². The zero-order valence-electron chi connectivity index (χ0n) is 13.8. The second-order valence-electron chi connectivity index (χ2n) is 5.58. The van der Waals surface area contributed by atoms with E-state index in [2.05, 4.69) is 10.3 Å². The van der Waals surface area contributed by atoms with Crippen molar-refractivity contribution < 1.29 is 18.7 Å². The Labute approximate surface area is 153 Å². The van der Waals surface area contributed by atoms with E-state index >= 15 is 0 Å². The van der Waals surface area contributed by atoms with Crippen molar-refractivity contribution in [2.75, 3.05) is 11.9 Å². The summed E-state index contributed by atoms with van der Waals surface area (Å²) in [6.45, 7) is 1.29. The Kier molecular flexibility index (Phi) is 5.14. The van der Waals surface area contributed by atoms with Crippen molar-refractivity contribution in [3.8, 4) is 0 Å². The van der Waals surface area contributed by atoms with E-state index in [4.69, 9.17) is 16.3 Å². The first-order valence-corrected chi connectivity index (χ1v) is 8.10. The van der Waals surface area contributed by atoms with Gasteiger partial charge in [-0.1, -0.05) is 29.8 Å². The molecule has 0 unspecified atom stereocenters. The number of aromatic nitrogens is 1. The van der Waals surface area contributed by atoms with Gasteiger partial charge in [-0.25, -0.2) is 9.18 Å². The fourth-order valence-corrected chi connectivity index (χ4v) is 2.64. The van der Waals surface area contributed by atoms with Crippen LogP contribution in [0.1, 0.15) is 16.1 Å². The third-order valence-corrected chi connectivity index (χ3v) is 3.89. The summed E-state index contributed by atoms with van der Waals surface area (Å²) in [7, 11) is 0. The van der Waals surface area contributed by atoms with Gasteiger partial charge in [0, 0.05) is 16.8 Å². The van der Waals surface area contributed by atoms with Gasteiger partial charge in [-0.3, -0.25) is 9.78 Å². The Morgan fingerprint density at radius 2 is 1.96 bits per heavy atom. The monoisotopic (exact) mass is 372 g/mol. The minimum absolute atomic E-state index is 0.112. The van der Waals surface area contributed by atoms with Gasteiger partial charge in [-0.2, -0.15) is 0 Å². The number of carbonyl (C=O) groups is 2. The highest BCUT2D eigenvalue weighted by molar-refractivity contribution is 6.31. The predicted molar refractivity (Wildman–Crippen MR) is 96.8 cm³/mol. The lowest BCUT2D eigenvalue weighted by Crippen LogP contribution is -2.21. The maximum absolute atomic E-state index is 13.1. The van der Waals surface area contributed by atoms with E-state index in [1.807, 2.05) is 6.07 Å². The fourth-order valence-electron chi connectivity index (χ4n) is 2.46. The first-order chi connectivity index (χ1) is 12.4. The van der Waals surface area contributed by atoms with Gasteiger partial charge in [0.25, 0.3) is 5.91 Å². The van der Waals surface area contributed by atoms with Gasteiger partial charge in [0.1, 0.15) is 5.82 Å². The summed E-state index contributed by atoms with van der Waals surface area (Å²) in [5, 5.41) is 3.02. The Hall–Kier alpha value is -2.99. The number of nitrogens with one attached hydrogen (secondary N) is 1. The molecular weight excluding hydrogens is 359 g/mol. The molecular formula is C19H14ClFN2O3. The number of hydrogen-bond donors (Lipinski definition) is 1. The van der Waals surface area contributed by atoms with Crippen LogP contribution in [-0.2, 0) is 9.53 Å². The molecule has 26 heavy (non-hydrogen) atoms. The molecule has 1 aromatic heterocycles. The predicted octanol–water partition coefficient (Wildman–Crippen LogP) is 4.13. The van der Waals surface area contributed by atoms with Crippen LogP contribution in [-0.4, -0.2) is 23.5 Å². The van der Waals surface area contributed by atoms with E-state index in [0.717, 1.165) is 6.07 Å².